The van der Waals surface area contributed by atoms with E-state index < -0.39 is 6.10 Å². The summed E-state index contributed by atoms with van der Waals surface area (Å²) in [6.45, 7) is 0.295. The highest BCUT2D eigenvalue weighted by molar-refractivity contribution is 6.01. The van der Waals surface area contributed by atoms with Crippen molar-refractivity contribution in [3.63, 3.8) is 0 Å². The zero-order valence-corrected chi connectivity index (χ0v) is 8.14. The first-order chi connectivity index (χ1) is 6.59. The number of rotatable bonds is 3. The normalized spacial score (nSPS) is 24.7. The second kappa shape index (κ2) is 3.24. The van der Waals surface area contributed by atoms with E-state index in [9.17, 15) is 14.7 Å². The number of carbonyl (C=O) groups excluding carboxylic acids is 2. The number of nitrogens with zero attached hydrogens (tertiary/aromatic N) is 2. The summed E-state index contributed by atoms with van der Waals surface area (Å²) in [6.07, 6.45) is 1.48. The Balaban J connectivity index is 1.96. The molecule has 5 heteroatoms. The average Bonchev–Trinajstić information content (AvgIpc) is 2.91. The predicted octanol–water partition coefficient (Wildman–Crippen LogP) is -0.349. The molecule has 14 heavy (non-hydrogen) atoms. The number of aliphatic hydroxyl groups excluding tert-OH is 1. The fourth-order valence-electron chi connectivity index (χ4n) is 1.67. The Labute approximate surface area is 82.3 Å². The molecule has 0 bridgehead atoms. The molecule has 2 rings (SSSR count). The molecule has 0 aromatic heterocycles. The minimum atomic E-state index is -0.533. The molecule has 0 spiro atoms. The lowest BCUT2D eigenvalue weighted by molar-refractivity contribution is -0.126. The Hall–Kier alpha value is -1.10. The van der Waals surface area contributed by atoms with E-state index >= 15 is 0 Å². The van der Waals surface area contributed by atoms with Crippen LogP contribution < -0.4 is 0 Å². The van der Waals surface area contributed by atoms with Crippen molar-refractivity contribution in [2.75, 3.05) is 20.1 Å². The quantitative estimate of drug-likeness (QED) is 0.631. The summed E-state index contributed by atoms with van der Waals surface area (Å²) in [7, 11) is 1.59. The summed E-state index contributed by atoms with van der Waals surface area (Å²) in [6, 6.07) is -0.297. The van der Waals surface area contributed by atoms with Gasteiger partial charge in [-0.25, -0.2) is 4.79 Å². The first-order valence-electron chi connectivity index (χ1n) is 4.83. The second-order valence-corrected chi connectivity index (χ2v) is 4.05. The summed E-state index contributed by atoms with van der Waals surface area (Å²) in [5.74, 6) is 0.0821. The van der Waals surface area contributed by atoms with Crippen molar-refractivity contribution in [3.05, 3.63) is 0 Å². The highest BCUT2D eigenvalue weighted by Crippen LogP contribution is 2.33. The SMILES string of the molecule is CN1CC(=O)N(CC(O)C2CC2)C1=O. The molecule has 1 aliphatic heterocycles. The van der Waals surface area contributed by atoms with Gasteiger partial charge in [-0.2, -0.15) is 0 Å². The van der Waals surface area contributed by atoms with Crippen LogP contribution in [0, 0.1) is 5.92 Å². The van der Waals surface area contributed by atoms with Gasteiger partial charge in [-0.3, -0.25) is 9.69 Å². The van der Waals surface area contributed by atoms with Gasteiger partial charge in [0.1, 0.15) is 6.54 Å². The van der Waals surface area contributed by atoms with Gasteiger partial charge in [0.05, 0.1) is 12.6 Å². The minimum absolute atomic E-state index is 0.135. The third kappa shape index (κ3) is 1.59. The molecular formula is C9H14N2O3. The van der Waals surface area contributed by atoms with Gasteiger partial charge in [-0.15, -0.1) is 0 Å². The van der Waals surface area contributed by atoms with Crippen LogP contribution in [0.25, 0.3) is 0 Å². The highest BCUT2D eigenvalue weighted by atomic mass is 16.3. The Morgan fingerprint density at radius 1 is 1.50 bits per heavy atom. The Kier molecular flexibility index (Phi) is 2.19. The summed E-state index contributed by atoms with van der Waals surface area (Å²) in [4.78, 5) is 25.2. The zero-order chi connectivity index (χ0) is 10.3. The van der Waals surface area contributed by atoms with Gasteiger partial charge in [0.25, 0.3) is 0 Å². The molecule has 1 saturated carbocycles. The number of hydrogen-bond acceptors (Lipinski definition) is 3. The fraction of sp³-hybridized carbons (Fsp3) is 0.778. The van der Waals surface area contributed by atoms with Crippen molar-refractivity contribution in [1.82, 2.24) is 9.80 Å². The maximum atomic E-state index is 11.4. The first-order valence-corrected chi connectivity index (χ1v) is 4.83. The van der Waals surface area contributed by atoms with E-state index in [0.717, 1.165) is 17.7 Å². The van der Waals surface area contributed by atoms with Crippen molar-refractivity contribution in [2.45, 2.75) is 18.9 Å². The Morgan fingerprint density at radius 3 is 2.57 bits per heavy atom. The van der Waals surface area contributed by atoms with E-state index in [1.807, 2.05) is 0 Å². The van der Waals surface area contributed by atoms with Crippen molar-refractivity contribution < 1.29 is 14.7 Å². The Morgan fingerprint density at radius 2 is 2.14 bits per heavy atom. The summed E-state index contributed by atoms with van der Waals surface area (Å²) in [5.41, 5.74) is 0. The molecule has 3 amide bonds. The molecule has 1 atom stereocenters. The van der Waals surface area contributed by atoms with Gasteiger partial charge in [0, 0.05) is 7.05 Å². The number of likely N-dealkylation sites (N-methyl/N-ethyl adjacent to an activating group) is 1. The molecule has 1 saturated heterocycles. The van der Waals surface area contributed by atoms with E-state index in [1.165, 1.54) is 4.90 Å². The van der Waals surface area contributed by atoms with Crippen LogP contribution >= 0.6 is 0 Å². The number of amides is 3. The van der Waals surface area contributed by atoms with Gasteiger partial charge >= 0.3 is 6.03 Å². The topological polar surface area (TPSA) is 60.9 Å². The third-order valence-corrected chi connectivity index (χ3v) is 2.77. The smallest absolute Gasteiger partial charge is 0.327 e. The summed E-state index contributed by atoms with van der Waals surface area (Å²) >= 11 is 0. The molecule has 2 aliphatic rings. The van der Waals surface area contributed by atoms with Gasteiger partial charge in [-0.1, -0.05) is 0 Å². The van der Waals surface area contributed by atoms with Gasteiger partial charge in [0.2, 0.25) is 5.91 Å². The van der Waals surface area contributed by atoms with Crippen molar-refractivity contribution in [2.24, 2.45) is 5.92 Å². The molecule has 1 unspecified atom stereocenters. The van der Waals surface area contributed by atoms with Gasteiger partial charge in [-0.05, 0) is 18.8 Å². The van der Waals surface area contributed by atoms with Crippen LogP contribution in [0.5, 0.6) is 0 Å². The van der Waals surface area contributed by atoms with E-state index in [2.05, 4.69) is 0 Å². The predicted molar refractivity (Wildman–Crippen MR) is 48.5 cm³/mol. The molecule has 78 valence electrons. The van der Waals surface area contributed by atoms with Crippen LogP contribution in [-0.4, -0.2) is 53.1 Å². The summed E-state index contributed by atoms with van der Waals surface area (Å²) in [5, 5.41) is 9.61. The van der Waals surface area contributed by atoms with Crippen molar-refractivity contribution in [3.8, 4) is 0 Å². The van der Waals surface area contributed by atoms with E-state index in [0.29, 0.717) is 5.92 Å². The number of imide groups is 1. The molecule has 1 heterocycles. The van der Waals surface area contributed by atoms with Crippen LogP contribution in [0.3, 0.4) is 0 Å². The van der Waals surface area contributed by atoms with Crippen molar-refractivity contribution in [1.29, 1.82) is 0 Å². The molecule has 0 radical (unpaired) electrons. The molecule has 1 N–H and O–H groups in total. The molecule has 1 aliphatic carbocycles. The number of carbonyl (C=O) groups is 2. The molecule has 0 aromatic carbocycles. The molecule has 0 aromatic rings. The lowest BCUT2D eigenvalue weighted by Gasteiger charge is -2.17. The standard InChI is InChI=1S/C9H14N2O3/c1-10-5-8(13)11(9(10)14)4-7(12)6-2-3-6/h6-7,12H,2-5H2,1H3. The maximum absolute atomic E-state index is 11.4. The third-order valence-electron chi connectivity index (χ3n) is 2.77. The van der Waals surface area contributed by atoms with Crippen LogP contribution in [0.4, 0.5) is 4.79 Å². The number of β-amino-alcohol motifs (C(OH)–C–C–N with tert-alkyl or cyclic N) is 1. The molecule has 5 nitrogen and oxygen atoms in total. The minimum Gasteiger partial charge on any atom is -0.391 e. The lowest BCUT2D eigenvalue weighted by atomic mass is 10.2. The lowest BCUT2D eigenvalue weighted by Crippen LogP contribution is -2.38. The van der Waals surface area contributed by atoms with Crippen molar-refractivity contribution >= 4 is 11.9 Å². The maximum Gasteiger partial charge on any atom is 0.327 e. The monoisotopic (exact) mass is 198 g/mol. The average molecular weight is 198 g/mol. The van der Waals surface area contributed by atoms with Crippen LogP contribution in [-0.2, 0) is 4.79 Å². The highest BCUT2D eigenvalue weighted by Gasteiger charge is 2.38. The van der Waals surface area contributed by atoms with Gasteiger partial charge < -0.3 is 10.0 Å². The van der Waals surface area contributed by atoms with Crippen LogP contribution in [0.15, 0.2) is 0 Å². The van der Waals surface area contributed by atoms with E-state index in [1.54, 1.807) is 7.05 Å². The first kappa shape index (κ1) is 9.45. The Bertz CT molecular complexity index is 275. The number of hydrogen-bond donors (Lipinski definition) is 1. The summed E-state index contributed by atoms with van der Waals surface area (Å²) < 4.78 is 0. The second-order valence-electron chi connectivity index (χ2n) is 4.05. The zero-order valence-electron chi connectivity index (χ0n) is 8.14. The largest absolute Gasteiger partial charge is 0.391 e. The van der Waals surface area contributed by atoms with E-state index in [-0.39, 0.29) is 25.0 Å². The number of urea groups is 1. The fourth-order valence-corrected chi connectivity index (χ4v) is 1.67. The van der Waals surface area contributed by atoms with Gasteiger partial charge in [0.15, 0.2) is 0 Å². The molecule has 2 fully saturated rings. The molecular weight excluding hydrogens is 184 g/mol. The van der Waals surface area contributed by atoms with Crippen LogP contribution in [0.2, 0.25) is 0 Å². The number of aliphatic hydroxyl groups is 1. The van der Waals surface area contributed by atoms with Crippen LogP contribution in [0.1, 0.15) is 12.8 Å². The van der Waals surface area contributed by atoms with E-state index in [4.69, 9.17) is 0 Å².